The maximum atomic E-state index is 11.9. The lowest BCUT2D eigenvalue weighted by atomic mass is 10.1. The van der Waals surface area contributed by atoms with Crippen LogP contribution in [0.15, 0.2) is 41.1 Å². The van der Waals surface area contributed by atoms with Crippen molar-refractivity contribution in [2.75, 3.05) is 6.61 Å². The standard InChI is InChI=1S/C14H16N2O3/c1-10-8-15-19-13(10)14(18)16-12(9-17)7-11-5-3-2-4-6-11/h2-6,8,12,17H,7,9H2,1H3,(H,16,18). The van der Waals surface area contributed by atoms with Crippen molar-refractivity contribution in [1.29, 1.82) is 0 Å². The number of aliphatic hydroxyl groups excluding tert-OH is 1. The molecule has 2 aromatic rings. The number of hydrogen-bond donors (Lipinski definition) is 2. The molecule has 0 aliphatic heterocycles. The average molecular weight is 260 g/mol. The van der Waals surface area contributed by atoms with Gasteiger partial charge in [-0.3, -0.25) is 4.79 Å². The Balaban J connectivity index is 2.00. The summed E-state index contributed by atoms with van der Waals surface area (Å²) < 4.78 is 4.88. The molecule has 0 radical (unpaired) electrons. The molecule has 1 heterocycles. The largest absolute Gasteiger partial charge is 0.394 e. The Bertz CT molecular complexity index is 537. The van der Waals surface area contributed by atoms with Crippen LogP contribution in [0.1, 0.15) is 21.7 Å². The van der Waals surface area contributed by atoms with Gasteiger partial charge in [0.05, 0.1) is 18.8 Å². The fourth-order valence-electron chi connectivity index (χ4n) is 1.82. The highest BCUT2D eigenvalue weighted by atomic mass is 16.5. The van der Waals surface area contributed by atoms with Crippen molar-refractivity contribution in [3.63, 3.8) is 0 Å². The molecule has 1 atom stereocenters. The Kier molecular flexibility index (Phi) is 4.30. The molecule has 0 aliphatic rings. The quantitative estimate of drug-likeness (QED) is 0.850. The minimum Gasteiger partial charge on any atom is -0.394 e. The van der Waals surface area contributed by atoms with E-state index >= 15 is 0 Å². The third-order valence-corrected chi connectivity index (χ3v) is 2.84. The van der Waals surface area contributed by atoms with Crippen molar-refractivity contribution in [3.05, 3.63) is 53.4 Å². The molecule has 0 saturated carbocycles. The van der Waals surface area contributed by atoms with Crippen molar-refractivity contribution < 1.29 is 14.4 Å². The second-order valence-corrected chi connectivity index (χ2v) is 4.38. The van der Waals surface area contributed by atoms with E-state index in [1.807, 2.05) is 30.3 Å². The van der Waals surface area contributed by atoms with Gasteiger partial charge < -0.3 is 14.9 Å². The van der Waals surface area contributed by atoms with E-state index in [1.165, 1.54) is 6.20 Å². The molecule has 1 aromatic carbocycles. The van der Waals surface area contributed by atoms with Gasteiger partial charge in [0, 0.05) is 5.56 Å². The number of carbonyl (C=O) groups excluding carboxylic acids is 1. The lowest BCUT2D eigenvalue weighted by Gasteiger charge is -2.15. The summed E-state index contributed by atoms with van der Waals surface area (Å²) in [5.41, 5.74) is 1.73. The molecule has 19 heavy (non-hydrogen) atoms. The summed E-state index contributed by atoms with van der Waals surface area (Å²) in [6.07, 6.45) is 2.05. The molecular formula is C14H16N2O3. The first kappa shape index (κ1) is 13.3. The van der Waals surface area contributed by atoms with Gasteiger partial charge in [0.1, 0.15) is 0 Å². The SMILES string of the molecule is Cc1cnoc1C(=O)NC(CO)Cc1ccccc1. The maximum absolute atomic E-state index is 11.9. The van der Waals surface area contributed by atoms with Crippen LogP contribution in [0.3, 0.4) is 0 Å². The minimum absolute atomic E-state index is 0.131. The van der Waals surface area contributed by atoms with E-state index in [9.17, 15) is 9.90 Å². The molecule has 0 fully saturated rings. The summed E-state index contributed by atoms with van der Waals surface area (Å²) in [5.74, 6) is -0.170. The van der Waals surface area contributed by atoms with Gasteiger partial charge in [0.25, 0.3) is 5.91 Å². The van der Waals surface area contributed by atoms with Gasteiger partial charge in [-0.05, 0) is 18.9 Å². The van der Waals surface area contributed by atoms with Crippen LogP contribution in [0.2, 0.25) is 0 Å². The van der Waals surface area contributed by atoms with Gasteiger partial charge in [0.15, 0.2) is 0 Å². The van der Waals surface area contributed by atoms with Crippen LogP contribution >= 0.6 is 0 Å². The topological polar surface area (TPSA) is 75.4 Å². The maximum Gasteiger partial charge on any atom is 0.290 e. The Labute approximate surface area is 111 Å². The second-order valence-electron chi connectivity index (χ2n) is 4.38. The van der Waals surface area contributed by atoms with E-state index in [1.54, 1.807) is 6.92 Å². The Morgan fingerprint density at radius 1 is 1.42 bits per heavy atom. The third kappa shape index (κ3) is 3.42. The number of nitrogens with zero attached hydrogens (tertiary/aromatic N) is 1. The van der Waals surface area contributed by atoms with Crippen LogP contribution in [0, 0.1) is 6.92 Å². The van der Waals surface area contributed by atoms with Gasteiger partial charge in [-0.1, -0.05) is 35.5 Å². The smallest absolute Gasteiger partial charge is 0.290 e. The third-order valence-electron chi connectivity index (χ3n) is 2.84. The lowest BCUT2D eigenvalue weighted by molar-refractivity contribution is 0.0878. The first-order valence-corrected chi connectivity index (χ1v) is 6.07. The number of aromatic nitrogens is 1. The predicted octanol–water partition coefficient (Wildman–Crippen LogP) is 1.32. The Morgan fingerprint density at radius 3 is 2.74 bits per heavy atom. The summed E-state index contributed by atoms with van der Waals surface area (Å²) in [6, 6.07) is 9.33. The minimum atomic E-state index is -0.356. The fraction of sp³-hybridized carbons (Fsp3) is 0.286. The molecule has 0 aliphatic carbocycles. The average Bonchev–Trinajstić information content (AvgIpc) is 2.85. The van der Waals surface area contributed by atoms with Crippen LogP contribution in [0.25, 0.3) is 0 Å². The van der Waals surface area contributed by atoms with Crippen molar-refractivity contribution in [1.82, 2.24) is 10.5 Å². The molecule has 2 N–H and O–H groups in total. The van der Waals surface area contributed by atoms with Gasteiger partial charge in [0.2, 0.25) is 5.76 Å². The monoisotopic (exact) mass is 260 g/mol. The van der Waals surface area contributed by atoms with Gasteiger partial charge in [-0.2, -0.15) is 0 Å². The van der Waals surface area contributed by atoms with E-state index in [-0.39, 0.29) is 24.3 Å². The van der Waals surface area contributed by atoms with Gasteiger partial charge in [-0.25, -0.2) is 0 Å². The van der Waals surface area contributed by atoms with E-state index < -0.39 is 0 Å². The molecule has 5 nitrogen and oxygen atoms in total. The summed E-state index contributed by atoms with van der Waals surface area (Å²) in [6.45, 7) is 1.62. The fourth-order valence-corrected chi connectivity index (χ4v) is 1.82. The number of hydrogen-bond acceptors (Lipinski definition) is 4. The number of nitrogens with one attached hydrogen (secondary N) is 1. The van der Waals surface area contributed by atoms with Crippen molar-refractivity contribution in [3.8, 4) is 0 Å². The zero-order valence-corrected chi connectivity index (χ0v) is 10.7. The van der Waals surface area contributed by atoms with Crippen molar-refractivity contribution in [2.24, 2.45) is 0 Å². The van der Waals surface area contributed by atoms with Crippen LogP contribution in [0.4, 0.5) is 0 Å². The van der Waals surface area contributed by atoms with Gasteiger partial charge in [-0.15, -0.1) is 0 Å². The Hall–Kier alpha value is -2.14. The summed E-state index contributed by atoms with van der Waals surface area (Å²) >= 11 is 0. The highest BCUT2D eigenvalue weighted by molar-refractivity contribution is 5.92. The Morgan fingerprint density at radius 2 is 2.16 bits per heavy atom. The molecule has 0 bridgehead atoms. The molecule has 1 aromatic heterocycles. The van der Waals surface area contributed by atoms with Gasteiger partial charge >= 0.3 is 0 Å². The number of benzene rings is 1. The number of carbonyl (C=O) groups is 1. The summed E-state index contributed by atoms with van der Waals surface area (Å²) in [4.78, 5) is 11.9. The van der Waals surface area contributed by atoms with Crippen LogP contribution in [-0.4, -0.2) is 28.8 Å². The summed E-state index contributed by atoms with van der Waals surface area (Å²) in [7, 11) is 0. The van der Waals surface area contributed by atoms with Crippen LogP contribution < -0.4 is 5.32 Å². The van der Waals surface area contributed by atoms with E-state index in [0.717, 1.165) is 5.56 Å². The molecule has 2 rings (SSSR count). The van der Waals surface area contributed by atoms with E-state index in [4.69, 9.17) is 4.52 Å². The molecule has 100 valence electrons. The zero-order valence-electron chi connectivity index (χ0n) is 10.7. The number of rotatable bonds is 5. The first-order valence-electron chi connectivity index (χ1n) is 6.07. The molecule has 5 heteroatoms. The predicted molar refractivity (Wildman–Crippen MR) is 69.7 cm³/mol. The normalized spacial score (nSPS) is 12.1. The number of aliphatic hydroxyl groups is 1. The number of aryl methyl sites for hydroxylation is 1. The first-order chi connectivity index (χ1) is 9.20. The van der Waals surface area contributed by atoms with E-state index in [0.29, 0.717) is 12.0 Å². The second kappa shape index (κ2) is 6.15. The molecule has 1 amide bonds. The molecule has 0 spiro atoms. The lowest BCUT2D eigenvalue weighted by Crippen LogP contribution is -2.39. The molecule has 1 unspecified atom stereocenters. The van der Waals surface area contributed by atoms with Crippen molar-refractivity contribution in [2.45, 2.75) is 19.4 Å². The van der Waals surface area contributed by atoms with Crippen molar-refractivity contribution >= 4 is 5.91 Å². The summed E-state index contributed by atoms with van der Waals surface area (Å²) in [5, 5.41) is 15.6. The van der Waals surface area contributed by atoms with Crippen LogP contribution in [0.5, 0.6) is 0 Å². The highest BCUT2D eigenvalue weighted by Gasteiger charge is 2.18. The van der Waals surface area contributed by atoms with Crippen LogP contribution in [-0.2, 0) is 6.42 Å². The molecular weight excluding hydrogens is 244 g/mol. The van der Waals surface area contributed by atoms with E-state index in [2.05, 4.69) is 10.5 Å². The highest BCUT2D eigenvalue weighted by Crippen LogP contribution is 2.07. The molecule has 0 saturated heterocycles. The number of amides is 1. The zero-order chi connectivity index (χ0) is 13.7.